The number of nitrogens with one attached hydrogen (secondary N) is 1. The van der Waals surface area contributed by atoms with Crippen LogP contribution in [0.5, 0.6) is 0 Å². The molecule has 1 unspecified atom stereocenters. The summed E-state index contributed by atoms with van der Waals surface area (Å²) >= 11 is 7.94. The predicted molar refractivity (Wildman–Crippen MR) is 72.6 cm³/mol. The van der Waals surface area contributed by atoms with Gasteiger partial charge in [0.15, 0.2) is 0 Å². The Morgan fingerprint density at radius 3 is 3.00 bits per heavy atom. The molecule has 0 radical (unpaired) electrons. The Hall–Kier alpha value is -0.180. The first-order valence-electron chi connectivity index (χ1n) is 5.88. The van der Waals surface area contributed by atoms with Gasteiger partial charge in [0.1, 0.15) is 0 Å². The molecule has 1 heterocycles. The predicted octanol–water partition coefficient (Wildman–Crippen LogP) is 3.88. The zero-order valence-electron chi connectivity index (χ0n) is 9.63. The third-order valence-corrected chi connectivity index (χ3v) is 4.57. The molecule has 1 aromatic carbocycles. The van der Waals surface area contributed by atoms with Crippen molar-refractivity contribution in [2.45, 2.75) is 37.1 Å². The fourth-order valence-electron chi connectivity index (χ4n) is 1.97. The van der Waals surface area contributed by atoms with Gasteiger partial charge >= 0.3 is 0 Å². The Bertz CT molecular complexity index is 348. The summed E-state index contributed by atoms with van der Waals surface area (Å²) in [5, 5.41) is 4.43. The Labute approximate surface area is 107 Å². The third-order valence-electron chi connectivity index (χ3n) is 2.99. The maximum absolute atomic E-state index is 6.01. The number of hydrogen-bond donors (Lipinski definition) is 1. The summed E-state index contributed by atoms with van der Waals surface area (Å²) in [5.41, 5.74) is 1.17. The van der Waals surface area contributed by atoms with Crippen LogP contribution in [-0.4, -0.2) is 18.3 Å². The molecular formula is C13H18ClNS. The molecule has 0 saturated carbocycles. The maximum Gasteiger partial charge on any atom is 0.0435 e. The van der Waals surface area contributed by atoms with Gasteiger partial charge in [0.2, 0.25) is 0 Å². The molecule has 1 fully saturated rings. The van der Waals surface area contributed by atoms with Crippen LogP contribution in [0.4, 0.5) is 0 Å². The second-order valence-electron chi connectivity index (χ2n) is 4.37. The highest BCUT2D eigenvalue weighted by Gasteiger charge is 2.12. The lowest BCUT2D eigenvalue weighted by atomic mass is 10.1. The number of thioether (sulfide) groups is 1. The van der Waals surface area contributed by atoms with Gasteiger partial charge in [-0.1, -0.05) is 18.0 Å². The number of hydrogen-bond acceptors (Lipinski definition) is 2. The molecule has 1 saturated heterocycles. The first-order chi connectivity index (χ1) is 7.75. The number of benzene rings is 1. The van der Waals surface area contributed by atoms with E-state index in [9.17, 15) is 0 Å². The van der Waals surface area contributed by atoms with Crippen LogP contribution >= 0.6 is 23.4 Å². The van der Waals surface area contributed by atoms with Crippen molar-refractivity contribution in [2.75, 3.05) is 12.3 Å². The topological polar surface area (TPSA) is 12.0 Å². The molecule has 1 N–H and O–H groups in total. The van der Waals surface area contributed by atoms with Gasteiger partial charge < -0.3 is 5.32 Å². The van der Waals surface area contributed by atoms with Crippen molar-refractivity contribution in [2.24, 2.45) is 0 Å². The highest BCUT2D eigenvalue weighted by Crippen LogP contribution is 2.25. The van der Waals surface area contributed by atoms with Crippen molar-refractivity contribution in [3.05, 3.63) is 28.8 Å². The Morgan fingerprint density at radius 1 is 1.44 bits per heavy atom. The van der Waals surface area contributed by atoms with Crippen LogP contribution in [0.2, 0.25) is 5.02 Å². The minimum atomic E-state index is 0.690. The summed E-state index contributed by atoms with van der Waals surface area (Å²) in [6.07, 6.45) is 4.03. The van der Waals surface area contributed by atoms with E-state index in [0.29, 0.717) is 6.04 Å². The molecule has 16 heavy (non-hydrogen) atoms. The molecule has 1 atom stereocenters. The Balaban J connectivity index is 1.86. The quantitative estimate of drug-likeness (QED) is 0.823. The van der Waals surface area contributed by atoms with Crippen molar-refractivity contribution in [3.63, 3.8) is 0 Å². The highest BCUT2D eigenvalue weighted by atomic mass is 35.5. The van der Waals surface area contributed by atoms with Crippen LogP contribution in [0.15, 0.2) is 23.1 Å². The first kappa shape index (κ1) is 12.3. The molecule has 0 bridgehead atoms. The zero-order chi connectivity index (χ0) is 11.4. The standard InChI is InChI=1S/C13H18ClNS/c1-10-8-12(5-6-13(10)14)16-9-11-4-2-3-7-15-11/h5-6,8,11,15H,2-4,7,9H2,1H3. The van der Waals surface area contributed by atoms with Gasteiger partial charge in [0, 0.05) is 21.7 Å². The minimum absolute atomic E-state index is 0.690. The van der Waals surface area contributed by atoms with Crippen LogP contribution < -0.4 is 5.32 Å². The Kier molecular flexibility index (Phi) is 4.56. The fraction of sp³-hybridized carbons (Fsp3) is 0.538. The van der Waals surface area contributed by atoms with Gasteiger partial charge in [-0.15, -0.1) is 11.8 Å². The molecule has 0 spiro atoms. The molecule has 1 aromatic rings. The highest BCUT2D eigenvalue weighted by molar-refractivity contribution is 7.99. The van der Waals surface area contributed by atoms with Crippen LogP contribution in [0, 0.1) is 6.92 Å². The van der Waals surface area contributed by atoms with Crippen molar-refractivity contribution in [3.8, 4) is 0 Å². The summed E-state index contributed by atoms with van der Waals surface area (Å²) in [5.74, 6) is 1.17. The van der Waals surface area contributed by atoms with Crippen molar-refractivity contribution < 1.29 is 0 Å². The van der Waals surface area contributed by atoms with Gasteiger partial charge in [-0.05, 0) is 50.1 Å². The maximum atomic E-state index is 6.01. The SMILES string of the molecule is Cc1cc(SCC2CCCCN2)ccc1Cl. The molecule has 3 heteroatoms. The largest absolute Gasteiger partial charge is 0.313 e. The average molecular weight is 256 g/mol. The van der Waals surface area contributed by atoms with Crippen molar-refractivity contribution in [1.29, 1.82) is 0 Å². The minimum Gasteiger partial charge on any atom is -0.313 e. The van der Waals surface area contributed by atoms with E-state index in [2.05, 4.69) is 24.4 Å². The normalized spacial score (nSPS) is 21.0. The fourth-order valence-corrected chi connectivity index (χ4v) is 3.19. The average Bonchev–Trinajstić information content (AvgIpc) is 2.32. The number of aryl methyl sites for hydroxylation is 1. The zero-order valence-corrected chi connectivity index (χ0v) is 11.2. The van der Waals surface area contributed by atoms with Gasteiger partial charge in [-0.3, -0.25) is 0 Å². The molecule has 1 aliphatic heterocycles. The Morgan fingerprint density at radius 2 is 2.31 bits per heavy atom. The summed E-state index contributed by atoms with van der Waals surface area (Å²) in [6.45, 7) is 3.25. The molecule has 2 rings (SSSR count). The molecule has 88 valence electrons. The second kappa shape index (κ2) is 5.95. The molecular weight excluding hydrogens is 238 g/mol. The van der Waals surface area contributed by atoms with E-state index in [1.807, 2.05) is 17.8 Å². The summed E-state index contributed by atoms with van der Waals surface area (Å²) in [6, 6.07) is 6.97. The lowest BCUT2D eigenvalue weighted by molar-refractivity contribution is 0.430. The van der Waals surface area contributed by atoms with Gasteiger partial charge in [-0.2, -0.15) is 0 Å². The van der Waals surface area contributed by atoms with Crippen LogP contribution in [0.3, 0.4) is 0 Å². The van der Waals surface area contributed by atoms with Crippen LogP contribution in [0.1, 0.15) is 24.8 Å². The van der Waals surface area contributed by atoms with Crippen LogP contribution in [0.25, 0.3) is 0 Å². The number of rotatable bonds is 3. The van der Waals surface area contributed by atoms with E-state index >= 15 is 0 Å². The third kappa shape index (κ3) is 3.41. The van der Waals surface area contributed by atoms with Gasteiger partial charge in [-0.25, -0.2) is 0 Å². The summed E-state index contributed by atoms with van der Waals surface area (Å²) < 4.78 is 0. The lowest BCUT2D eigenvalue weighted by Gasteiger charge is -2.23. The van der Waals surface area contributed by atoms with E-state index in [0.717, 1.165) is 5.02 Å². The van der Waals surface area contributed by atoms with Crippen molar-refractivity contribution >= 4 is 23.4 Å². The lowest BCUT2D eigenvalue weighted by Crippen LogP contribution is -2.35. The second-order valence-corrected chi connectivity index (χ2v) is 5.87. The molecule has 0 aliphatic carbocycles. The van der Waals surface area contributed by atoms with Gasteiger partial charge in [0.05, 0.1) is 0 Å². The number of halogens is 1. The summed E-state index contributed by atoms with van der Waals surface area (Å²) in [7, 11) is 0. The van der Waals surface area contributed by atoms with E-state index in [1.54, 1.807) is 0 Å². The molecule has 1 nitrogen and oxygen atoms in total. The van der Waals surface area contributed by atoms with Crippen molar-refractivity contribution in [1.82, 2.24) is 5.32 Å². The van der Waals surface area contributed by atoms with E-state index in [1.165, 1.54) is 42.0 Å². The smallest absolute Gasteiger partial charge is 0.0435 e. The molecule has 0 aromatic heterocycles. The first-order valence-corrected chi connectivity index (χ1v) is 7.24. The summed E-state index contributed by atoms with van der Waals surface area (Å²) in [4.78, 5) is 1.33. The number of piperidine rings is 1. The van der Waals surface area contributed by atoms with E-state index in [-0.39, 0.29) is 0 Å². The molecule has 1 aliphatic rings. The van der Waals surface area contributed by atoms with Gasteiger partial charge in [0.25, 0.3) is 0 Å². The monoisotopic (exact) mass is 255 g/mol. The van der Waals surface area contributed by atoms with E-state index < -0.39 is 0 Å². The van der Waals surface area contributed by atoms with Crippen LogP contribution in [-0.2, 0) is 0 Å². The molecule has 0 amide bonds. The van der Waals surface area contributed by atoms with E-state index in [4.69, 9.17) is 11.6 Å².